The predicted molar refractivity (Wildman–Crippen MR) is 66.1 cm³/mol. The van der Waals surface area contributed by atoms with Crippen molar-refractivity contribution in [2.75, 3.05) is 12.3 Å². The first-order chi connectivity index (χ1) is 7.40. The quantitative estimate of drug-likeness (QED) is 0.702. The summed E-state index contributed by atoms with van der Waals surface area (Å²) in [5, 5.41) is 3.33. The van der Waals surface area contributed by atoms with Gasteiger partial charge in [0.25, 0.3) is 0 Å². The Kier molecular flexibility index (Phi) is 3.32. The Morgan fingerprint density at radius 1 is 1.06 bits per heavy atom. The van der Waals surface area contributed by atoms with E-state index in [1.54, 1.807) is 0 Å². The van der Waals surface area contributed by atoms with Crippen LogP contribution in [0.25, 0.3) is 0 Å². The first-order valence-corrected chi connectivity index (χ1v) is 8.06. The lowest BCUT2D eigenvalue weighted by molar-refractivity contribution is 0.243. The maximum atomic E-state index is 12.3. The third-order valence-electron chi connectivity index (χ3n) is 4.05. The van der Waals surface area contributed by atoms with Gasteiger partial charge in [0.15, 0.2) is 9.84 Å². The van der Waals surface area contributed by atoms with Crippen molar-refractivity contribution in [3.63, 3.8) is 0 Å². The molecule has 1 aliphatic carbocycles. The summed E-state index contributed by atoms with van der Waals surface area (Å²) in [6, 6.07) is 0.189. The van der Waals surface area contributed by atoms with Gasteiger partial charge < -0.3 is 5.32 Å². The molecule has 94 valence electrons. The molecule has 5 atom stereocenters. The van der Waals surface area contributed by atoms with E-state index in [-0.39, 0.29) is 17.2 Å². The first kappa shape index (κ1) is 12.4. The minimum absolute atomic E-state index is 0.145. The second kappa shape index (κ2) is 4.30. The Balaban J connectivity index is 2.30. The average molecular weight is 245 g/mol. The van der Waals surface area contributed by atoms with Crippen LogP contribution in [0.4, 0.5) is 0 Å². The van der Waals surface area contributed by atoms with Crippen molar-refractivity contribution in [3.8, 4) is 0 Å². The van der Waals surface area contributed by atoms with Crippen LogP contribution in [0.2, 0.25) is 0 Å². The molecule has 4 heteroatoms. The predicted octanol–water partition coefficient (Wildman–Crippen LogP) is 1.44. The zero-order chi connectivity index (χ0) is 11.9. The summed E-state index contributed by atoms with van der Waals surface area (Å²) in [6.07, 6.45) is 2.07. The lowest BCUT2D eigenvalue weighted by atomic mass is 9.80. The molecule has 2 fully saturated rings. The Labute approximate surface area is 98.9 Å². The highest BCUT2D eigenvalue weighted by molar-refractivity contribution is 7.92. The van der Waals surface area contributed by atoms with E-state index in [1.165, 1.54) is 0 Å². The Morgan fingerprint density at radius 3 is 2.44 bits per heavy atom. The van der Waals surface area contributed by atoms with E-state index in [2.05, 4.69) is 19.2 Å². The maximum absolute atomic E-state index is 12.3. The molecule has 16 heavy (non-hydrogen) atoms. The van der Waals surface area contributed by atoms with Crippen molar-refractivity contribution < 1.29 is 8.42 Å². The molecular formula is C12H23NO2S. The summed E-state index contributed by atoms with van der Waals surface area (Å²) in [5.74, 6) is 1.56. The molecule has 2 aliphatic rings. The monoisotopic (exact) mass is 245 g/mol. The van der Waals surface area contributed by atoms with Gasteiger partial charge in [-0.25, -0.2) is 8.42 Å². The van der Waals surface area contributed by atoms with Crippen LogP contribution in [0, 0.1) is 17.8 Å². The van der Waals surface area contributed by atoms with Gasteiger partial charge in [-0.1, -0.05) is 20.8 Å². The van der Waals surface area contributed by atoms with Crippen LogP contribution in [0.3, 0.4) is 0 Å². The summed E-state index contributed by atoms with van der Waals surface area (Å²) in [4.78, 5) is 0. The summed E-state index contributed by atoms with van der Waals surface area (Å²) < 4.78 is 24.6. The highest BCUT2D eigenvalue weighted by Gasteiger charge is 2.44. The third-order valence-corrected chi connectivity index (χ3v) is 6.70. The molecule has 1 saturated carbocycles. The van der Waals surface area contributed by atoms with E-state index >= 15 is 0 Å². The van der Waals surface area contributed by atoms with Crippen LogP contribution in [0.15, 0.2) is 0 Å². The van der Waals surface area contributed by atoms with Gasteiger partial charge >= 0.3 is 0 Å². The summed E-state index contributed by atoms with van der Waals surface area (Å²) in [6.45, 7) is 7.20. The Hall–Kier alpha value is -0.0900. The second-order valence-electron chi connectivity index (χ2n) is 5.97. The zero-order valence-electron chi connectivity index (χ0n) is 10.4. The van der Waals surface area contributed by atoms with Crippen molar-refractivity contribution in [1.29, 1.82) is 0 Å². The van der Waals surface area contributed by atoms with E-state index in [0.29, 0.717) is 17.6 Å². The molecule has 0 amide bonds. The van der Waals surface area contributed by atoms with Crippen molar-refractivity contribution >= 4 is 9.84 Å². The molecule has 1 saturated heterocycles. The maximum Gasteiger partial charge on any atom is 0.155 e. The number of rotatable bonds is 0. The Morgan fingerprint density at radius 2 is 1.75 bits per heavy atom. The molecular weight excluding hydrogens is 222 g/mol. The van der Waals surface area contributed by atoms with Gasteiger partial charge in [-0.2, -0.15) is 0 Å². The highest BCUT2D eigenvalue weighted by Crippen LogP contribution is 2.35. The van der Waals surface area contributed by atoms with E-state index in [9.17, 15) is 8.42 Å². The molecule has 0 spiro atoms. The lowest BCUT2D eigenvalue weighted by Gasteiger charge is -2.38. The van der Waals surface area contributed by atoms with Crippen LogP contribution in [-0.4, -0.2) is 32.0 Å². The molecule has 3 nitrogen and oxygen atoms in total. The molecule has 0 aromatic heterocycles. The number of hydrogen-bond acceptors (Lipinski definition) is 3. The van der Waals surface area contributed by atoms with Gasteiger partial charge in [0.1, 0.15) is 0 Å². The number of nitrogens with one attached hydrogen (secondary N) is 1. The lowest BCUT2D eigenvalue weighted by Crippen LogP contribution is -2.50. The first-order valence-electron chi connectivity index (χ1n) is 6.35. The molecule has 0 radical (unpaired) electrons. The zero-order valence-corrected chi connectivity index (χ0v) is 11.3. The van der Waals surface area contributed by atoms with E-state index in [0.717, 1.165) is 19.4 Å². The minimum Gasteiger partial charge on any atom is -0.312 e. The number of sulfone groups is 1. The van der Waals surface area contributed by atoms with Gasteiger partial charge in [-0.15, -0.1) is 0 Å². The average Bonchev–Trinajstić information content (AvgIpc) is 2.21. The van der Waals surface area contributed by atoms with E-state index in [1.807, 2.05) is 6.92 Å². The standard InChI is InChI=1S/C12H23NO2S/c1-8-4-10(3)12-11(5-8)13-6-9(2)7-16(12,14)15/h8-13H,4-7H2,1-3H3. The fraction of sp³-hybridized carbons (Fsp3) is 1.00. The highest BCUT2D eigenvalue weighted by atomic mass is 32.2. The topological polar surface area (TPSA) is 46.2 Å². The number of hydrogen-bond donors (Lipinski definition) is 1. The largest absolute Gasteiger partial charge is 0.312 e. The van der Waals surface area contributed by atoms with Gasteiger partial charge in [-0.05, 0) is 37.1 Å². The fourth-order valence-electron chi connectivity index (χ4n) is 3.55. The van der Waals surface area contributed by atoms with Crippen LogP contribution in [0.5, 0.6) is 0 Å². The van der Waals surface area contributed by atoms with Gasteiger partial charge in [0.2, 0.25) is 0 Å². The molecule has 2 rings (SSSR count). The minimum atomic E-state index is -2.90. The van der Waals surface area contributed by atoms with Crippen LogP contribution >= 0.6 is 0 Å². The third kappa shape index (κ3) is 2.28. The molecule has 1 aliphatic heterocycles. The SMILES string of the molecule is CC1CC(C)C2C(C1)NCC(C)CS2(=O)=O. The molecule has 5 unspecified atom stereocenters. The fourth-order valence-corrected chi connectivity index (χ4v) is 6.21. The summed E-state index contributed by atoms with van der Waals surface area (Å²) in [7, 11) is -2.90. The van der Waals surface area contributed by atoms with Gasteiger partial charge in [-0.3, -0.25) is 0 Å². The van der Waals surface area contributed by atoms with Crippen molar-refractivity contribution in [2.45, 2.75) is 44.9 Å². The van der Waals surface area contributed by atoms with Crippen molar-refractivity contribution in [3.05, 3.63) is 0 Å². The molecule has 0 bridgehead atoms. The van der Waals surface area contributed by atoms with Crippen LogP contribution in [0.1, 0.15) is 33.6 Å². The molecule has 1 N–H and O–H groups in total. The van der Waals surface area contributed by atoms with Crippen LogP contribution in [-0.2, 0) is 9.84 Å². The summed E-state index contributed by atoms with van der Waals surface area (Å²) >= 11 is 0. The molecule has 0 aromatic carbocycles. The smallest absolute Gasteiger partial charge is 0.155 e. The molecule has 1 heterocycles. The van der Waals surface area contributed by atoms with Crippen molar-refractivity contribution in [2.24, 2.45) is 17.8 Å². The van der Waals surface area contributed by atoms with E-state index < -0.39 is 9.84 Å². The normalized spacial score (nSPS) is 48.1. The van der Waals surface area contributed by atoms with Crippen LogP contribution < -0.4 is 5.32 Å². The Bertz CT molecular complexity index is 352. The number of fused-ring (bicyclic) bond motifs is 1. The summed E-state index contributed by atoms with van der Waals surface area (Å²) in [5.41, 5.74) is 0. The van der Waals surface area contributed by atoms with Gasteiger partial charge in [0, 0.05) is 6.04 Å². The van der Waals surface area contributed by atoms with Crippen molar-refractivity contribution in [1.82, 2.24) is 5.32 Å². The second-order valence-corrected chi connectivity index (χ2v) is 8.17. The van der Waals surface area contributed by atoms with E-state index in [4.69, 9.17) is 0 Å². The van der Waals surface area contributed by atoms with Gasteiger partial charge in [0.05, 0.1) is 11.0 Å². The molecule has 0 aromatic rings.